The molecule has 0 saturated heterocycles. The largest absolute Gasteiger partial charge is 0.285 e. The number of fused-ring (bicyclic) bond motifs is 4. The summed E-state index contributed by atoms with van der Waals surface area (Å²) in [6, 6.07) is 6.45. The van der Waals surface area contributed by atoms with Gasteiger partial charge in [0.2, 0.25) is 5.78 Å². The topological polar surface area (TPSA) is 64.8 Å². The van der Waals surface area contributed by atoms with E-state index < -0.39 is 0 Å². The van der Waals surface area contributed by atoms with Crippen molar-refractivity contribution in [1.29, 1.82) is 0 Å². The van der Waals surface area contributed by atoms with Gasteiger partial charge in [-0.2, -0.15) is 0 Å². The van der Waals surface area contributed by atoms with Crippen LogP contribution in [0.3, 0.4) is 0 Å². The highest BCUT2D eigenvalue weighted by molar-refractivity contribution is 6.31. The number of hydrogen-bond acceptors (Lipinski definition) is 4. The van der Waals surface area contributed by atoms with Crippen molar-refractivity contribution >= 4 is 28.3 Å². The van der Waals surface area contributed by atoms with E-state index in [4.69, 9.17) is 11.6 Å². The van der Waals surface area contributed by atoms with E-state index in [0.29, 0.717) is 27.2 Å². The Morgan fingerprint density at radius 2 is 2.00 bits per heavy atom. The third-order valence-electron chi connectivity index (χ3n) is 3.32. The van der Waals surface area contributed by atoms with Gasteiger partial charge in [0.15, 0.2) is 5.82 Å². The van der Waals surface area contributed by atoms with E-state index in [2.05, 4.69) is 9.97 Å². The van der Waals surface area contributed by atoms with Crippen LogP contribution in [-0.4, -0.2) is 20.3 Å². The van der Waals surface area contributed by atoms with Gasteiger partial charge < -0.3 is 0 Å². The lowest BCUT2D eigenvalue weighted by Crippen LogP contribution is -2.21. The third-order valence-corrected chi connectivity index (χ3v) is 3.55. The fourth-order valence-corrected chi connectivity index (χ4v) is 2.59. The van der Waals surface area contributed by atoms with Crippen LogP contribution in [0.5, 0.6) is 0 Å². The van der Waals surface area contributed by atoms with Gasteiger partial charge in [0.05, 0.1) is 28.4 Å². The minimum absolute atomic E-state index is 0.104. The number of rotatable bonds is 0. The van der Waals surface area contributed by atoms with E-state index in [9.17, 15) is 9.59 Å². The Kier molecular flexibility index (Phi) is 2.11. The van der Waals surface area contributed by atoms with E-state index in [0.717, 1.165) is 0 Å². The maximum atomic E-state index is 12.5. The highest BCUT2D eigenvalue weighted by Gasteiger charge is 2.30. The van der Waals surface area contributed by atoms with Crippen LogP contribution < -0.4 is 5.56 Å². The zero-order chi connectivity index (χ0) is 13.9. The Morgan fingerprint density at radius 1 is 1.15 bits per heavy atom. The van der Waals surface area contributed by atoms with Gasteiger partial charge in [-0.15, -0.1) is 0 Å². The Bertz CT molecular complexity index is 962. The number of benzene rings is 1. The second-order valence-electron chi connectivity index (χ2n) is 4.46. The second-order valence-corrected chi connectivity index (χ2v) is 4.90. The van der Waals surface area contributed by atoms with E-state index in [1.54, 1.807) is 24.3 Å². The van der Waals surface area contributed by atoms with Crippen LogP contribution in [0.1, 0.15) is 16.2 Å². The number of aromatic nitrogens is 3. The number of halogens is 1. The highest BCUT2D eigenvalue weighted by Crippen LogP contribution is 2.28. The Labute approximate surface area is 117 Å². The predicted molar refractivity (Wildman–Crippen MR) is 73.6 cm³/mol. The van der Waals surface area contributed by atoms with Gasteiger partial charge in [-0.25, -0.2) is 4.98 Å². The monoisotopic (exact) mass is 283 g/mol. The van der Waals surface area contributed by atoms with Crippen LogP contribution in [0.4, 0.5) is 0 Å². The molecule has 4 rings (SSSR count). The van der Waals surface area contributed by atoms with Crippen LogP contribution in [0.15, 0.2) is 41.5 Å². The molecule has 6 heteroatoms. The van der Waals surface area contributed by atoms with Gasteiger partial charge in [-0.3, -0.25) is 19.1 Å². The first-order valence-electron chi connectivity index (χ1n) is 5.88. The summed E-state index contributed by atoms with van der Waals surface area (Å²) in [5, 5.41) is 0.878. The van der Waals surface area contributed by atoms with Gasteiger partial charge in [0, 0.05) is 11.2 Å². The summed E-state index contributed by atoms with van der Waals surface area (Å²) >= 11 is 5.91. The van der Waals surface area contributed by atoms with Gasteiger partial charge in [-0.1, -0.05) is 11.6 Å². The maximum Gasteiger partial charge on any atom is 0.266 e. The molecule has 3 aromatic rings. The molecule has 0 N–H and O–H groups in total. The smallest absolute Gasteiger partial charge is 0.266 e. The molecule has 1 aliphatic rings. The molecule has 0 fully saturated rings. The van der Waals surface area contributed by atoms with Crippen molar-refractivity contribution in [3.05, 3.63) is 63.4 Å². The molecule has 2 aromatic heterocycles. The van der Waals surface area contributed by atoms with Crippen molar-refractivity contribution in [1.82, 2.24) is 14.5 Å². The first kappa shape index (κ1) is 11.3. The Hall–Kier alpha value is -2.53. The summed E-state index contributed by atoms with van der Waals surface area (Å²) in [4.78, 5) is 33.0. The molecule has 0 aliphatic carbocycles. The minimum Gasteiger partial charge on any atom is -0.285 e. The predicted octanol–water partition coefficient (Wildman–Crippen LogP) is 1.98. The molecule has 1 aromatic carbocycles. The summed E-state index contributed by atoms with van der Waals surface area (Å²) < 4.78 is 1.33. The molecular formula is C14H6ClN3O2. The number of ketones is 1. The average molecular weight is 284 g/mol. The van der Waals surface area contributed by atoms with Crippen LogP contribution >= 0.6 is 11.6 Å². The van der Waals surface area contributed by atoms with E-state index >= 15 is 0 Å². The van der Waals surface area contributed by atoms with E-state index in [1.165, 1.54) is 17.0 Å². The van der Waals surface area contributed by atoms with Crippen LogP contribution in [0, 0.1) is 0 Å². The number of hydrogen-bond donors (Lipinski definition) is 0. The van der Waals surface area contributed by atoms with Crippen molar-refractivity contribution in [3.63, 3.8) is 0 Å². The summed E-state index contributed by atoms with van der Waals surface area (Å²) in [5.74, 6) is -0.196. The lowest BCUT2D eigenvalue weighted by atomic mass is 10.1. The Balaban J connectivity index is 2.20. The van der Waals surface area contributed by atoms with E-state index in [1.807, 2.05) is 0 Å². The number of carbonyl (C=O) groups excluding carboxylic acids is 1. The summed E-state index contributed by atoms with van der Waals surface area (Å²) in [6.45, 7) is 0. The zero-order valence-electron chi connectivity index (χ0n) is 10.0. The molecule has 0 spiro atoms. The lowest BCUT2D eigenvalue weighted by Gasteiger charge is -2.04. The number of carbonyl (C=O) groups is 1. The normalized spacial score (nSPS) is 12.6. The first-order chi connectivity index (χ1) is 9.66. The Morgan fingerprint density at radius 3 is 2.85 bits per heavy atom. The molecular weight excluding hydrogens is 278 g/mol. The fraction of sp³-hybridized carbons (Fsp3) is 0. The minimum atomic E-state index is -0.301. The number of pyridine rings is 1. The van der Waals surface area contributed by atoms with Gasteiger partial charge >= 0.3 is 0 Å². The standard InChI is InChI=1S/C14H6ClN3O2/c15-7-1-2-11-9(5-7)12(19)13-17-10-6-16-4-3-8(10)14(20)18(11)13/h1-6H. The van der Waals surface area contributed by atoms with Crippen molar-refractivity contribution in [3.8, 4) is 5.69 Å². The quantitative estimate of drug-likeness (QED) is 0.495. The SMILES string of the molecule is O=C1c2cc(Cl)ccc2-n2c1nc1cnccc1c2=O. The van der Waals surface area contributed by atoms with Crippen LogP contribution in [0.25, 0.3) is 16.6 Å². The van der Waals surface area contributed by atoms with Crippen molar-refractivity contribution in [2.45, 2.75) is 0 Å². The van der Waals surface area contributed by atoms with Crippen molar-refractivity contribution in [2.24, 2.45) is 0 Å². The second kappa shape index (κ2) is 3.74. The molecule has 0 bridgehead atoms. The van der Waals surface area contributed by atoms with Crippen LogP contribution in [0.2, 0.25) is 5.02 Å². The zero-order valence-corrected chi connectivity index (χ0v) is 10.8. The fourth-order valence-electron chi connectivity index (χ4n) is 2.42. The molecule has 5 nitrogen and oxygen atoms in total. The molecule has 0 amide bonds. The lowest BCUT2D eigenvalue weighted by molar-refractivity contribution is 0.103. The van der Waals surface area contributed by atoms with Gasteiger partial charge in [0.1, 0.15) is 0 Å². The highest BCUT2D eigenvalue weighted by atomic mass is 35.5. The van der Waals surface area contributed by atoms with Gasteiger partial charge in [-0.05, 0) is 24.3 Å². The van der Waals surface area contributed by atoms with Crippen LogP contribution in [-0.2, 0) is 0 Å². The van der Waals surface area contributed by atoms with Crippen molar-refractivity contribution < 1.29 is 4.79 Å². The van der Waals surface area contributed by atoms with E-state index in [-0.39, 0.29) is 17.2 Å². The molecule has 96 valence electrons. The molecule has 20 heavy (non-hydrogen) atoms. The average Bonchev–Trinajstić information content (AvgIpc) is 2.73. The molecule has 0 saturated carbocycles. The summed E-state index contributed by atoms with van der Waals surface area (Å²) in [7, 11) is 0. The molecule has 1 aliphatic heterocycles. The summed E-state index contributed by atoms with van der Waals surface area (Å²) in [5.41, 5.74) is 1.05. The third kappa shape index (κ3) is 1.32. The maximum absolute atomic E-state index is 12.5. The molecule has 3 heterocycles. The first-order valence-corrected chi connectivity index (χ1v) is 6.26. The molecule has 0 radical (unpaired) electrons. The number of nitrogens with zero attached hydrogens (tertiary/aromatic N) is 3. The van der Waals surface area contributed by atoms with Crippen molar-refractivity contribution in [2.75, 3.05) is 0 Å². The molecule has 0 unspecified atom stereocenters. The molecule has 0 atom stereocenters. The van der Waals surface area contributed by atoms with Gasteiger partial charge in [0.25, 0.3) is 5.56 Å². The summed E-state index contributed by atoms with van der Waals surface area (Å²) in [6.07, 6.45) is 3.00.